The lowest BCUT2D eigenvalue weighted by atomic mass is 10.0. The topological polar surface area (TPSA) is 128 Å². The standard InChI is InChI=1S/C24H30N2O7S/c1-17(2)21(26-24(29)33-16-18-10-6-4-7-11-18)22(27)25-20(23(28)32-3)14-15-34(30,31)19-12-8-5-9-13-19/h4-13,17,20-21H,14-16H2,1-3H3,(H,25,27)(H,26,29)/t20-,21+/m0/s1. The highest BCUT2D eigenvalue weighted by molar-refractivity contribution is 7.91. The molecule has 184 valence electrons. The van der Waals surface area contributed by atoms with Crippen LogP contribution >= 0.6 is 0 Å². The SMILES string of the molecule is COC(=O)[C@H](CCS(=O)(=O)c1ccccc1)NC(=O)[C@H](NC(=O)OCc1ccccc1)C(C)C. The number of methoxy groups -OCH3 is 1. The summed E-state index contributed by atoms with van der Waals surface area (Å²) < 4.78 is 35.0. The van der Waals surface area contributed by atoms with E-state index in [0.717, 1.165) is 12.7 Å². The van der Waals surface area contributed by atoms with Gasteiger partial charge in [-0.05, 0) is 30.0 Å². The zero-order chi connectivity index (χ0) is 25.1. The van der Waals surface area contributed by atoms with E-state index in [1.54, 1.807) is 44.2 Å². The van der Waals surface area contributed by atoms with E-state index in [-0.39, 0.29) is 29.6 Å². The molecule has 0 aromatic heterocycles. The summed E-state index contributed by atoms with van der Waals surface area (Å²) >= 11 is 0. The summed E-state index contributed by atoms with van der Waals surface area (Å²) in [6.45, 7) is 3.46. The Morgan fingerprint density at radius 3 is 2.06 bits per heavy atom. The molecule has 34 heavy (non-hydrogen) atoms. The highest BCUT2D eigenvalue weighted by atomic mass is 32.2. The van der Waals surface area contributed by atoms with Crippen molar-refractivity contribution < 1.29 is 32.3 Å². The number of hydrogen-bond donors (Lipinski definition) is 2. The molecule has 0 aliphatic carbocycles. The maximum Gasteiger partial charge on any atom is 0.408 e. The summed E-state index contributed by atoms with van der Waals surface area (Å²) in [5.41, 5.74) is 0.786. The maximum atomic E-state index is 12.9. The van der Waals surface area contributed by atoms with Gasteiger partial charge in [0, 0.05) is 0 Å². The second-order valence-corrected chi connectivity index (χ2v) is 10.0. The van der Waals surface area contributed by atoms with Crippen LogP contribution in [0, 0.1) is 5.92 Å². The zero-order valence-corrected chi connectivity index (χ0v) is 20.2. The Hall–Kier alpha value is -3.40. The van der Waals surface area contributed by atoms with Gasteiger partial charge in [0.25, 0.3) is 0 Å². The Kier molecular flexibility index (Phi) is 10.1. The Labute approximate surface area is 199 Å². The van der Waals surface area contributed by atoms with Crippen LogP contribution in [0.25, 0.3) is 0 Å². The molecule has 0 bridgehead atoms. The quantitative estimate of drug-likeness (QED) is 0.463. The largest absolute Gasteiger partial charge is 0.467 e. The second-order valence-electron chi connectivity index (χ2n) is 7.93. The van der Waals surface area contributed by atoms with Crippen molar-refractivity contribution >= 4 is 27.8 Å². The van der Waals surface area contributed by atoms with Crippen LogP contribution in [0.5, 0.6) is 0 Å². The van der Waals surface area contributed by atoms with Gasteiger partial charge in [-0.2, -0.15) is 0 Å². The van der Waals surface area contributed by atoms with Crippen molar-refractivity contribution in [3.8, 4) is 0 Å². The average Bonchev–Trinajstić information content (AvgIpc) is 2.84. The molecule has 2 aromatic carbocycles. The fourth-order valence-corrected chi connectivity index (χ4v) is 4.45. The molecule has 0 radical (unpaired) electrons. The first-order valence-electron chi connectivity index (χ1n) is 10.8. The minimum Gasteiger partial charge on any atom is -0.467 e. The van der Waals surface area contributed by atoms with Gasteiger partial charge < -0.3 is 20.1 Å². The van der Waals surface area contributed by atoms with Gasteiger partial charge in [-0.25, -0.2) is 18.0 Å². The predicted octanol–water partition coefficient (Wildman–Crippen LogP) is 2.46. The van der Waals surface area contributed by atoms with E-state index in [2.05, 4.69) is 10.6 Å². The number of esters is 1. The van der Waals surface area contributed by atoms with Crippen LogP contribution in [0.4, 0.5) is 4.79 Å². The average molecular weight is 491 g/mol. The lowest BCUT2D eigenvalue weighted by Crippen LogP contribution is -2.54. The summed E-state index contributed by atoms with van der Waals surface area (Å²) in [7, 11) is -2.53. The van der Waals surface area contributed by atoms with Crippen LogP contribution in [0.3, 0.4) is 0 Å². The van der Waals surface area contributed by atoms with E-state index in [1.807, 2.05) is 18.2 Å². The molecule has 2 amide bonds. The maximum absolute atomic E-state index is 12.9. The fraction of sp³-hybridized carbons (Fsp3) is 0.375. The molecule has 0 aliphatic rings. The monoisotopic (exact) mass is 490 g/mol. The fourth-order valence-electron chi connectivity index (χ4n) is 3.10. The van der Waals surface area contributed by atoms with Crippen molar-refractivity contribution in [2.45, 2.75) is 43.9 Å². The third kappa shape index (κ3) is 8.18. The van der Waals surface area contributed by atoms with Crippen LogP contribution in [0.2, 0.25) is 0 Å². The predicted molar refractivity (Wildman–Crippen MR) is 125 cm³/mol. The number of nitrogens with one attached hydrogen (secondary N) is 2. The molecular formula is C24H30N2O7S. The molecule has 0 heterocycles. The first-order valence-corrected chi connectivity index (χ1v) is 12.4. The van der Waals surface area contributed by atoms with Gasteiger partial charge >= 0.3 is 12.1 Å². The van der Waals surface area contributed by atoms with E-state index < -0.39 is 39.9 Å². The van der Waals surface area contributed by atoms with Gasteiger partial charge in [-0.1, -0.05) is 62.4 Å². The molecule has 2 atom stereocenters. The number of hydrogen-bond acceptors (Lipinski definition) is 7. The number of ether oxygens (including phenoxy) is 2. The molecule has 9 nitrogen and oxygen atoms in total. The molecule has 2 rings (SSSR count). The first kappa shape index (κ1) is 26.8. The summed E-state index contributed by atoms with van der Waals surface area (Å²) in [5.74, 6) is -2.16. The van der Waals surface area contributed by atoms with Crippen molar-refractivity contribution in [1.82, 2.24) is 10.6 Å². The lowest BCUT2D eigenvalue weighted by Gasteiger charge is -2.24. The van der Waals surface area contributed by atoms with Crippen molar-refractivity contribution in [1.29, 1.82) is 0 Å². The normalized spacial score (nSPS) is 12.9. The lowest BCUT2D eigenvalue weighted by molar-refractivity contribution is -0.145. The number of carbonyl (C=O) groups excluding carboxylic acids is 3. The molecule has 2 aromatic rings. The molecule has 10 heteroatoms. The Morgan fingerprint density at radius 1 is 0.912 bits per heavy atom. The van der Waals surface area contributed by atoms with E-state index in [4.69, 9.17) is 9.47 Å². The number of alkyl carbamates (subject to hydrolysis) is 1. The minimum atomic E-state index is -3.67. The van der Waals surface area contributed by atoms with Gasteiger partial charge in [0.15, 0.2) is 9.84 Å². The van der Waals surface area contributed by atoms with Crippen molar-refractivity contribution in [3.63, 3.8) is 0 Å². The summed E-state index contributed by atoms with van der Waals surface area (Å²) in [5, 5.41) is 5.01. The molecule has 0 aliphatic heterocycles. The zero-order valence-electron chi connectivity index (χ0n) is 19.4. The van der Waals surface area contributed by atoms with Crippen molar-refractivity contribution in [3.05, 3.63) is 66.2 Å². The summed E-state index contributed by atoms with van der Waals surface area (Å²) in [4.78, 5) is 37.5. The first-order chi connectivity index (χ1) is 16.1. The third-order valence-electron chi connectivity index (χ3n) is 5.02. The molecular weight excluding hydrogens is 460 g/mol. The van der Waals surface area contributed by atoms with Gasteiger partial charge in [-0.3, -0.25) is 4.79 Å². The molecule has 0 saturated heterocycles. The highest BCUT2D eigenvalue weighted by Gasteiger charge is 2.30. The Morgan fingerprint density at radius 2 is 1.50 bits per heavy atom. The van der Waals surface area contributed by atoms with Crippen molar-refractivity contribution in [2.75, 3.05) is 12.9 Å². The van der Waals surface area contributed by atoms with Crippen LogP contribution < -0.4 is 10.6 Å². The van der Waals surface area contributed by atoms with E-state index in [9.17, 15) is 22.8 Å². The molecule has 0 fully saturated rings. The molecule has 0 unspecified atom stereocenters. The van der Waals surface area contributed by atoms with Gasteiger partial charge in [0.1, 0.15) is 18.7 Å². The number of sulfone groups is 1. The Balaban J connectivity index is 2.01. The van der Waals surface area contributed by atoms with Crippen LogP contribution in [0.15, 0.2) is 65.6 Å². The van der Waals surface area contributed by atoms with Crippen LogP contribution in [-0.2, 0) is 35.5 Å². The third-order valence-corrected chi connectivity index (χ3v) is 6.78. The smallest absolute Gasteiger partial charge is 0.408 e. The second kappa shape index (κ2) is 12.7. The number of carbonyl (C=O) groups is 3. The minimum absolute atomic E-state index is 0.0290. The molecule has 0 spiro atoms. The van der Waals surface area contributed by atoms with E-state index >= 15 is 0 Å². The highest BCUT2D eigenvalue weighted by Crippen LogP contribution is 2.13. The van der Waals surface area contributed by atoms with Crippen LogP contribution in [0.1, 0.15) is 25.8 Å². The number of benzene rings is 2. The summed E-state index contributed by atoms with van der Waals surface area (Å²) in [6.07, 6.45) is -0.988. The number of amides is 2. The van der Waals surface area contributed by atoms with Gasteiger partial charge in [0.2, 0.25) is 5.91 Å². The van der Waals surface area contributed by atoms with E-state index in [0.29, 0.717) is 0 Å². The Bertz CT molecular complexity index is 1060. The summed E-state index contributed by atoms with van der Waals surface area (Å²) in [6, 6.07) is 14.6. The van der Waals surface area contributed by atoms with E-state index in [1.165, 1.54) is 12.1 Å². The molecule has 0 saturated carbocycles. The molecule has 2 N–H and O–H groups in total. The van der Waals surface area contributed by atoms with Crippen LogP contribution in [-0.4, -0.2) is 51.3 Å². The van der Waals surface area contributed by atoms with Crippen molar-refractivity contribution in [2.24, 2.45) is 5.92 Å². The number of rotatable bonds is 11. The van der Waals surface area contributed by atoms with Gasteiger partial charge in [-0.15, -0.1) is 0 Å². The van der Waals surface area contributed by atoms with Gasteiger partial charge in [0.05, 0.1) is 17.8 Å².